The van der Waals surface area contributed by atoms with Crippen molar-refractivity contribution in [1.29, 1.82) is 0 Å². The SMILES string of the molecule is CCCCC1C(N)=C1C(C)CC. The van der Waals surface area contributed by atoms with E-state index in [1.54, 1.807) is 5.57 Å². The zero-order valence-electron chi connectivity index (χ0n) is 8.56. The van der Waals surface area contributed by atoms with E-state index in [2.05, 4.69) is 20.8 Å². The van der Waals surface area contributed by atoms with Crippen LogP contribution in [0.4, 0.5) is 0 Å². The summed E-state index contributed by atoms with van der Waals surface area (Å²) in [7, 11) is 0. The van der Waals surface area contributed by atoms with Crippen LogP contribution < -0.4 is 5.73 Å². The number of allylic oxidation sites excluding steroid dienone is 2. The van der Waals surface area contributed by atoms with E-state index in [4.69, 9.17) is 5.73 Å². The molecule has 2 atom stereocenters. The molecule has 1 nitrogen and oxygen atoms in total. The third kappa shape index (κ3) is 1.82. The molecule has 0 aromatic rings. The Morgan fingerprint density at radius 2 is 2.08 bits per heavy atom. The van der Waals surface area contributed by atoms with Gasteiger partial charge in [0.1, 0.15) is 0 Å². The molecule has 70 valence electrons. The number of nitrogens with two attached hydrogens (primary N) is 1. The second-order valence-electron chi connectivity index (χ2n) is 3.91. The van der Waals surface area contributed by atoms with Gasteiger partial charge in [-0.05, 0) is 24.3 Å². The third-order valence-corrected chi connectivity index (χ3v) is 2.99. The largest absolute Gasteiger partial charge is 0.402 e. The van der Waals surface area contributed by atoms with E-state index in [-0.39, 0.29) is 0 Å². The highest BCUT2D eigenvalue weighted by atomic mass is 14.7. The molecule has 1 aliphatic rings. The Labute approximate surface area is 76.0 Å². The molecule has 0 aromatic heterocycles. The van der Waals surface area contributed by atoms with Gasteiger partial charge < -0.3 is 5.73 Å². The summed E-state index contributed by atoms with van der Waals surface area (Å²) >= 11 is 0. The van der Waals surface area contributed by atoms with Crippen LogP contribution in [0.15, 0.2) is 11.3 Å². The molecule has 0 saturated carbocycles. The fraction of sp³-hybridized carbons (Fsp3) is 0.818. The number of hydrogen-bond donors (Lipinski definition) is 1. The van der Waals surface area contributed by atoms with E-state index in [1.165, 1.54) is 31.4 Å². The van der Waals surface area contributed by atoms with Crippen molar-refractivity contribution in [1.82, 2.24) is 0 Å². The maximum atomic E-state index is 5.91. The van der Waals surface area contributed by atoms with Crippen LogP contribution in [0, 0.1) is 11.8 Å². The van der Waals surface area contributed by atoms with E-state index in [9.17, 15) is 0 Å². The second-order valence-corrected chi connectivity index (χ2v) is 3.91. The molecule has 0 amide bonds. The van der Waals surface area contributed by atoms with Crippen LogP contribution >= 0.6 is 0 Å². The van der Waals surface area contributed by atoms with Gasteiger partial charge in [-0.25, -0.2) is 0 Å². The highest BCUT2D eigenvalue weighted by molar-refractivity contribution is 5.39. The molecule has 0 bridgehead atoms. The van der Waals surface area contributed by atoms with Gasteiger partial charge in [0.2, 0.25) is 0 Å². The summed E-state index contributed by atoms with van der Waals surface area (Å²) in [4.78, 5) is 0. The summed E-state index contributed by atoms with van der Waals surface area (Å²) < 4.78 is 0. The van der Waals surface area contributed by atoms with Gasteiger partial charge in [0.15, 0.2) is 0 Å². The first-order valence-electron chi connectivity index (χ1n) is 5.21. The molecule has 12 heavy (non-hydrogen) atoms. The highest BCUT2D eigenvalue weighted by Gasteiger charge is 2.35. The van der Waals surface area contributed by atoms with Crippen molar-refractivity contribution in [2.45, 2.75) is 46.5 Å². The zero-order valence-corrected chi connectivity index (χ0v) is 8.56. The van der Waals surface area contributed by atoms with Gasteiger partial charge in [0, 0.05) is 11.6 Å². The lowest BCUT2D eigenvalue weighted by Crippen LogP contribution is -1.94. The molecule has 2 unspecified atom stereocenters. The van der Waals surface area contributed by atoms with Crippen molar-refractivity contribution >= 4 is 0 Å². The fourth-order valence-corrected chi connectivity index (χ4v) is 1.88. The van der Waals surface area contributed by atoms with Crippen LogP contribution in [0.3, 0.4) is 0 Å². The molecule has 0 aliphatic heterocycles. The smallest absolute Gasteiger partial charge is 0.0217 e. The molecule has 0 aromatic carbocycles. The summed E-state index contributed by atoms with van der Waals surface area (Å²) in [5.41, 5.74) is 8.67. The first kappa shape index (κ1) is 9.63. The van der Waals surface area contributed by atoms with E-state index >= 15 is 0 Å². The highest BCUT2D eigenvalue weighted by Crippen LogP contribution is 2.44. The molecule has 2 N–H and O–H groups in total. The van der Waals surface area contributed by atoms with E-state index in [1.807, 2.05) is 0 Å². The lowest BCUT2D eigenvalue weighted by molar-refractivity contribution is 0.594. The molecule has 0 radical (unpaired) electrons. The normalized spacial score (nSPS) is 24.4. The lowest BCUT2D eigenvalue weighted by atomic mass is 10.0. The van der Waals surface area contributed by atoms with Crippen LogP contribution in [-0.4, -0.2) is 0 Å². The van der Waals surface area contributed by atoms with Crippen molar-refractivity contribution in [3.05, 3.63) is 11.3 Å². The predicted octanol–water partition coefficient (Wildman–Crippen LogP) is 3.07. The summed E-state index contributed by atoms with van der Waals surface area (Å²) in [6.07, 6.45) is 5.14. The van der Waals surface area contributed by atoms with Gasteiger partial charge >= 0.3 is 0 Å². The van der Waals surface area contributed by atoms with Gasteiger partial charge in [-0.3, -0.25) is 0 Å². The van der Waals surface area contributed by atoms with E-state index < -0.39 is 0 Å². The van der Waals surface area contributed by atoms with Gasteiger partial charge in [0.25, 0.3) is 0 Å². The van der Waals surface area contributed by atoms with Crippen LogP contribution in [0.25, 0.3) is 0 Å². The molecule has 1 aliphatic carbocycles. The Morgan fingerprint density at radius 3 is 2.58 bits per heavy atom. The minimum Gasteiger partial charge on any atom is -0.402 e. The van der Waals surface area contributed by atoms with Crippen molar-refractivity contribution in [2.75, 3.05) is 0 Å². The zero-order chi connectivity index (χ0) is 9.14. The van der Waals surface area contributed by atoms with Crippen molar-refractivity contribution in [3.63, 3.8) is 0 Å². The van der Waals surface area contributed by atoms with E-state index in [0.29, 0.717) is 5.92 Å². The number of rotatable bonds is 5. The van der Waals surface area contributed by atoms with Gasteiger partial charge in [-0.1, -0.05) is 33.6 Å². The molecule has 0 spiro atoms. The summed E-state index contributed by atoms with van der Waals surface area (Å²) in [5, 5.41) is 0. The fourth-order valence-electron chi connectivity index (χ4n) is 1.88. The molecular weight excluding hydrogens is 146 g/mol. The van der Waals surface area contributed by atoms with Crippen molar-refractivity contribution in [3.8, 4) is 0 Å². The standard InChI is InChI=1S/C11H21N/c1-4-6-7-9-10(11(9)12)8(3)5-2/h8-9H,4-7,12H2,1-3H3. The Balaban J connectivity index is 2.29. The van der Waals surface area contributed by atoms with Gasteiger partial charge in [-0.15, -0.1) is 0 Å². The molecule has 0 heterocycles. The van der Waals surface area contributed by atoms with Crippen LogP contribution in [0.5, 0.6) is 0 Å². The minimum atomic E-state index is 0.694. The Kier molecular flexibility index (Phi) is 3.19. The summed E-state index contributed by atoms with van der Waals surface area (Å²) in [6, 6.07) is 0. The molecule has 1 heteroatoms. The minimum absolute atomic E-state index is 0.694. The maximum Gasteiger partial charge on any atom is 0.0217 e. The van der Waals surface area contributed by atoms with Crippen LogP contribution in [0.2, 0.25) is 0 Å². The average Bonchev–Trinajstić information content (AvgIpc) is 2.72. The topological polar surface area (TPSA) is 26.0 Å². The van der Waals surface area contributed by atoms with Gasteiger partial charge in [-0.2, -0.15) is 0 Å². The molecular formula is C11H21N. The lowest BCUT2D eigenvalue weighted by Gasteiger charge is -2.04. The van der Waals surface area contributed by atoms with E-state index in [0.717, 1.165) is 5.92 Å². The molecule has 0 saturated heterocycles. The predicted molar refractivity (Wildman–Crippen MR) is 53.7 cm³/mol. The van der Waals surface area contributed by atoms with Crippen molar-refractivity contribution < 1.29 is 0 Å². The maximum absolute atomic E-state index is 5.91. The number of hydrogen-bond acceptors (Lipinski definition) is 1. The Hall–Kier alpha value is -0.460. The monoisotopic (exact) mass is 167 g/mol. The van der Waals surface area contributed by atoms with Crippen LogP contribution in [-0.2, 0) is 0 Å². The summed E-state index contributed by atoms with van der Waals surface area (Å²) in [5.74, 6) is 1.42. The Bertz CT molecular complexity index is 181. The number of unbranched alkanes of at least 4 members (excludes halogenated alkanes) is 1. The quantitative estimate of drug-likeness (QED) is 0.669. The third-order valence-electron chi connectivity index (χ3n) is 2.99. The average molecular weight is 167 g/mol. The van der Waals surface area contributed by atoms with Crippen LogP contribution in [0.1, 0.15) is 46.5 Å². The molecule has 1 rings (SSSR count). The van der Waals surface area contributed by atoms with Gasteiger partial charge in [0.05, 0.1) is 0 Å². The first-order chi connectivity index (χ1) is 5.72. The summed E-state index contributed by atoms with van der Waals surface area (Å²) in [6.45, 7) is 6.76. The second kappa shape index (κ2) is 3.97. The molecule has 0 fully saturated rings. The first-order valence-corrected chi connectivity index (χ1v) is 5.21. The van der Waals surface area contributed by atoms with Crippen molar-refractivity contribution in [2.24, 2.45) is 17.6 Å². The Morgan fingerprint density at radius 1 is 1.42 bits per heavy atom.